The van der Waals surface area contributed by atoms with Crippen molar-refractivity contribution in [3.05, 3.63) is 75.8 Å². The fourth-order valence-corrected chi connectivity index (χ4v) is 4.23. The Morgan fingerprint density at radius 2 is 2.04 bits per heavy atom. The third-order valence-corrected chi connectivity index (χ3v) is 5.43. The van der Waals surface area contributed by atoms with Crippen LogP contribution in [0, 0.1) is 12.8 Å². The summed E-state index contributed by atoms with van der Waals surface area (Å²) in [5.41, 5.74) is 4.92. The van der Waals surface area contributed by atoms with Gasteiger partial charge in [0.05, 0.1) is 11.6 Å². The summed E-state index contributed by atoms with van der Waals surface area (Å²) in [4.78, 5) is 11.1. The minimum atomic E-state index is -0.957. The van der Waals surface area contributed by atoms with Gasteiger partial charge in [0.25, 0.3) is 0 Å². The SMILES string of the molecule is Cc1ccc2c(c1)C1C=CCC1C(c1ccc(C(=O)O)cc1Cl)N2. The van der Waals surface area contributed by atoms with E-state index >= 15 is 0 Å². The summed E-state index contributed by atoms with van der Waals surface area (Å²) in [6.45, 7) is 2.11. The van der Waals surface area contributed by atoms with E-state index in [1.165, 1.54) is 11.1 Å². The predicted octanol–water partition coefficient (Wildman–Crippen LogP) is 5.17. The molecule has 4 rings (SSSR count). The summed E-state index contributed by atoms with van der Waals surface area (Å²) in [5, 5.41) is 13.3. The van der Waals surface area contributed by atoms with Crippen LogP contribution in [0.5, 0.6) is 0 Å². The Morgan fingerprint density at radius 1 is 1.21 bits per heavy atom. The van der Waals surface area contributed by atoms with E-state index in [0.29, 0.717) is 16.9 Å². The Morgan fingerprint density at radius 3 is 2.79 bits per heavy atom. The number of carboxylic acid groups (broad SMARTS) is 1. The highest BCUT2D eigenvalue weighted by molar-refractivity contribution is 6.31. The van der Waals surface area contributed by atoms with Crippen LogP contribution in [0.1, 0.15) is 45.4 Å². The molecule has 2 aromatic rings. The number of aromatic carboxylic acids is 1. The first kappa shape index (κ1) is 15.3. The molecule has 0 radical (unpaired) electrons. The third-order valence-electron chi connectivity index (χ3n) is 5.10. The molecule has 0 aromatic heterocycles. The highest BCUT2D eigenvalue weighted by Crippen LogP contribution is 2.50. The van der Waals surface area contributed by atoms with Gasteiger partial charge in [0.1, 0.15) is 0 Å². The molecule has 2 aliphatic rings. The minimum absolute atomic E-state index is 0.0792. The number of carboxylic acids is 1. The largest absolute Gasteiger partial charge is 0.478 e. The maximum absolute atomic E-state index is 11.1. The maximum Gasteiger partial charge on any atom is 0.335 e. The molecule has 2 N–H and O–H groups in total. The molecule has 3 nitrogen and oxygen atoms in total. The lowest BCUT2D eigenvalue weighted by atomic mass is 9.76. The van der Waals surface area contributed by atoms with Crippen molar-refractivity contribution in [2.45, 2.75) is 25.3 Å². The number of allylic oxidation sites excluding steroid dienone is 2. The highest BCUT2D eigenvalue weighted by Gasteiger charge is 2.38. The standard InChI is InChI=1S/C20H18ClNO2/c1-11-5-8-18-16(9-11)13-3-2-4-14(13)19(22-18)15-7-6-12(20(23)24)10-17(15)21/h2-3,5-10,13-14,19,22H,4H2,1H3,(H,23,24). The van der Waals surface area contributed by atoms with E-state index in [1.807, 2.05) is 6.07 Å². The molecule has 2 aromatic carbocycles. The van der Waals surface area contributed by atoms with Crippen molar-refractivity contribution in [2.24, 2.45) is 5.92 Å². The van der Waals surface area contributed by atoms with Crippen LogP contribution in [-0.2, 0) is 0 Å². The number of aryl methyl sites for hydroxylation is 1. The second kappa shape index (κ2) is 5.67. The predicted molar refractivity (Wildman–Crippen MR) is 95.9 cm³/mol. The number of rotatable bonds is 2. The smallest absolute Gasteiger partial charge is 0.335 e. The summed E-state index contributed by atoms with van der Waals surface area (Å²) >= 11 is 6.43. The lowest BCUT2D eigenvalue weighted by Crippen LogP contribution is -2.29. The summed E-state index contributed by atoms with van der Waals surface area (Å²) in [7, 11) is 0. The summed E-state index contributed by atoms with van der Waals surface area (Å²) < 4.78 is 0. The van der Waals surface area contributed by atoms with E-state index in [0.717, 1.165) is 17.7 Å². The van der Waals surface area contributed by atoms with Gasteiger partial charge in [-0.25, -0.2) is 4.79 Å². The van der Waals surface area contributed by atoms with Gasteiger partial charge in [0.2, 0.25) is 0 Å². The second-order valence-electron chi connectivity index (χ2n) is 6.61. The number of halogens is 1. The zero-order valence-corrected chi connectivity index (χ0v) is 14.0. The van der Waals surface area contributed by atoms with E-state index in [-0.39, 0.29) is 11.6 Å². The van der Waals surface area contributed by atoms with Gasteiger partial charge in [-0.3, -0.25) is 0 Å². The van der Waals surface area contributed by atoms with Crippen LogP contribution >= 0.6 is 11.6 Å². The molecule has 1 heterocycles. The molecule has 0 spiro atoms. The van der Waals surface area contributed by atoms with Crippen molar-refractivity contribution in [1.82, 2.24) is 0 Å². The Hall–Kier alpha value is -2.26. The lowest BCUT2D eigenvalue weighted by molar-refractivity contribution is 0.0697. The Labute approximate surface area is 146 Å². The van der Waals surface area contributed by atoms with Crippen molar-refractivity contribution < 1.29 is 9.90 Å². The number of nitrogens with one attached hydrogen (secondary N) is 1. The fraction of sp³-hybridized carbons (Fsp3) is 0.250. The van der Waals surface area contributed by atoms with E-state index in [1.54, 1.807) is 12.1 Å². The summed E-state index contributed by atoms with van der Waals surface area (Å²) in [6, 6.07) is 11.6. The molecule has 1 aliphatic heterocycles. The molecule has 4 heteroatoms. The first-order valence-corrected chi connectivity index (χ1v) is 8.49. The number of hydrogen-bond donors (Lipinski definition) is 2. The normalized spacial score (nSPS) is 24.2. The summed E-state index contributed by atoms with van der Waals surface area (Å²) in [5.74, 6) is -0.185. The Balaban J connectivity index is 1.77. The summed E-state index contributed by atoms with van der Waals surface area (Å²) in [6.07, 6.45) is 5.52. The van der Waals surface area contributed by atoms with Crippen LogP contribution in [0.15, 0.2) is 48.6 Å². The third kappa shape index (κ3) is 2.40. The minimum Gasteiger partial charge on any atom is -0.478 e. The van der Waals surface area contributed by atoms with Gasteiger partial charge in [0.15, 0.2) is 0 Å². The number of benzene rings is 2. The maximum atomic E-state index is 11.1. The number of anilines is 1. The molecule has 0 saturated heterocycles. The van der Waals surface area contributed by atoms with Gasteiger partial charge < -0.3 is 10.4 Å². The molecule has 0 amide bonds. The molecule has 122 valence electrons. The molecule has 3 unspecified atom stereocenters. The van der Waals surface area contributed by atoms with Crippen LogP contribution in [0.2, 0.25) is 5.02 Å². The second-order valence-corrected chi connectivity index (χ2v) is 7.01. The zero-order chi connectivity index (χ0) is 16.8. The first-order chi connectivity index (χ1) is 11.5. The fourth-order valence-electron chi connectivity index (χ4n) is 3.93. The quantitative estimate of drug-likeness (QED) is 0.742. The van der Waals surface area contributed by atoms with Crippen molar-refractivity contribution in [1.29, 1.82) is 0 Å². The molecule has 1 aliphatic carbocycles. The van der Waals surface area contributed by atoms with Gasteiger partial charge >= 0.3 is 5.97 Å². The lowest BCUT2D eigenvalue weighted by Gasteiger charge is -2.38. The highest BCUT2D eigenvalue weighted by atomic mass is 35.5. The van der Waals surface area contributed by atoms with Gasteiger partial charge in [-0.15, -0.1) is 0 Å². The molecular formula is C20H18ClNO2. The topological polar surface area (TPSA) is 49.3 Å². The van der Waals surface area contributed by atoms with Crippen LogP contribution in [0.25, 0.3) is 0 Å². The van der Waals surface area contributed by atoms with E-state index < -0.39 is 5.97 Å². The van der Waals surface area contributed by atoms with Crippen LogP contribution in [0.4, 0.5) is 5.69 Å². The average Bonchev–Trinajstić information content (AvgIpc) is 3.04. The molecular weight excluding hydrogens is 322 g/mol. The molecule has 0 bridgehead atoms. The average molecular weight is 340 g/mol. The zero-order valence-electron chi connectivity index (χ0n) is 13.3. The van der Waals surface area contributed by atoms with E-state index in [4.69, 9.17) is 16.7 Å². The Bertz CT molecular complexity index is 859. The Kier molecular flexibility index (Phi) is 3.61. The van der Waals surface area contributed by atoms with Crippen LogP contribution < -0.4 is 5.32 Å². The number of fused-ring (bicyclic) bond motifs is 3. The number of carbonyl (C=O) groups is 1. The monoisotopic (exact) mass is 339 g/mol. The van der Waals surface area contributed by atoms with Crippen molar-refractivity contribution in [2.75, 3.05) is 5.32 Å². The molecule has 24 heavy (non-hydrogen) atoms. The van der Waals surface area contributed by atoms with E-state index in [9.17, 15) is 4.79 Å². The van der Waals surface area contributed by atoms with Crippen molar-refractivity contribution in [3.63, 3.8) is 0 Å². The van der Waals surface area contributed by atoms with Gasteiger partial charge in [-0.05, 0) is 48.6 Å². The first-order valence-electron chi connectivity index (χ1n) is 8.11. The van der Waals surface area contributed by atoms with Gasteiger partial charge in [-0.1, -0.05) is 47.5 Å². The van der Waals surface area contributed by atoms with Crippen LogP contribution in [0.3, 0.4) is 0 Å². The van der Waals surface area contributed by atoms with Crippen LogP contribution in [-0.4, -0.2) is 11.1 Å². The number of hydrogen-bond acceptors (Lipinski definition) is 2. The van der Waals surface area contributed by atoms with E-state index in [2.05, 4.69) is 42.6 Å². The van der Waals surface area contributed by atoms with Crippen molar-refractivity contribution in [3.8, 4) is 0 Å². The molecule has 0 saturated carbocycles. The molecule has 3 atom stereocenters. The molecule has 0 fully saturated rings. The van der Waals surface area contributed by atoms with Gasteiger partial charge in [-0.2, -0.15) is 0 Å². The van der Waals surface area contributed by atoms with Crippen molar-refractivity contribution >= 4 is 23.3 Å². The van der Waals surface area contributed by atoms with Gasteiger partial charge in [0, 0.05) is 16.6 Å².